The molecule has 0 radical (unpaired) electrons. The van der Waals surface area contributed by atoms with Gasteiger partial charge in [-0.25, -0.2) is 9.18 Å². The zero-order valence-electron chi connectivity index (χ0n) is 13.9. The molecule has 0 bridgehead atoms. The van der Waals surface area contributed by atoms with Gasteiger partial charge in [-0.1, -0.05) is 36.4 Å². The lowest BCUT2D eigenvalue weighted by Crippen LogP contribution is -2.30. The Kier molecular flexibility index (Phi) is 5.53. The number of benzene rings is 2. The number of halogens is 1. The lowest BCUT2D eigenvalue weighted by Gasteiger charge is -2.08. The quantitative estimate of drug-likeness (QED) is 0.693. The van der Waals surface area contributed by atoms with Crippen molar-refractivity contribution >= 4 is 22.8 Å². The normalized spacial score (nSPS) is 10.5. The smallest absolute Gasteiger partial charge is 0.340 e. The minimum Gasteiger partial charge on any atom is -0.452 e. The summed E-state index contributed by atoms with van der Waals surface area (Å²) in [5.74, 6) is -1.36. The van der Waals surface area contributed by atoms with E-state index in [9.17, 15) is 14.0 Å². The van der Waals surface area contributed by atoms with Crippen molar-refractivity contribution in [2.75, 3.05) is 13.2 Å². The van der Waals surface area contributed by atoms with E-state index in [-0.39, 0.29) is 12.4 Å². The van der Waals surface area contributed by atoms with Crippen molar-refractivity contribution in [3.05, 3.63) is 77.7 Å². The molecule has 26 heavy (non-hydrogen) atoms. The molecule has 0 spiro atoms. The molecule has 0 unspecified atom stereocenters. The fourth-order valence-corrected chi connectivity index (χ4v) is 2.57. The highest BCUT2D eigenvalue weighted by atomic mass is 19.1. The standard InChI is InChI=1S/C20H17FN2O3/c21-17-9-2-1-5-14(17)10-12-22-18(24)13-26-20(25)16-8-3-6-15-7-4-11-23-19(15)16/h1-9,11H,10,12-13H2,(H,22,24). The Bertz CT molecular complexity index is 938. The Balaban J connectivity index is 1.51. The number of rotatable bonds is 6. The van der Waals surface area contributed by atoms with Gasteiger partial charge in [-0.2, -0.15) is 0 Å². The van der Waals surface area contributed by atoms with Crippen LogP contribution in [-0.2, 0) is 16.0 Å². The average molecular weight is 352 g/mol. The summed E-state index contributed by atoms with van der Waals surface area (Å²) in [4.78, 5) is 28.2. The monoisotopic (exact) mass is 352 g/mol. The molecule has 0 aliphatic carbocycles. The van der Waals surface area contributed by atoms with E-state index in [0.717, 1.165) is 5.39 Å². The molecular weight excluding hydrogens is 335 g/mol. The summed E-state index contributed by atoms with van der Waals surface area (Å²) in [5, 5.41) is 3.42. The van der Waals surface area contributed by atoms with Gasteiger partial charge in [0.25, 0.3) is 5.91 Å². The van der Waals surface area contributed by atoms with Crippen molar-refractivity contribution < 1.29 is 18.7 Å². The predicted molar refractivity (Wildman–Crippen MR) is 95.1 cm³/mol. The number of amides is 1. The molecule has 2 aromatic carbocycles. The van der Waals surface area contributed by atoms with Crippen LogP contribution in [-0.4, -0.2) is 30.0 Å². The molecule has 0 aliphatic heterocycles. The first-order chi connectivity index (χ1) is 12.6. The maximum absolute atomic E-state index is 13.5. The summed E-state index contributed by atoms with van der Waals surface area (Å²) >= 11 is 0. The number of ether oxygens (including phenoxy) is 1. The van der Waals surface area contributed by atoms with Gasteiger partial charge in [0.05, 0.1) is 11.1 Å². The van der Waals surface area contributed by atoms with E-state index in [1.54, 1.807) is 42.6 Å². The highest BCUT2D eigenvalue weighted by molar-refractivity contribution is 6.03. The third-order valence-electron chi connectivity index (χ3n) is 3.86. The number of carbonyl (C=O) groups is 2. The summed E-state index contributed by atoms with van der Waals surface area (Å²) in [6, 6.07) is 15.2. The van der Waals surface area contributed by atoms with Crippen LogP contribution in [0.25, 0.3) is 10.9 Å². The SMILES string of the molecule is O=C(COC(=O)c1cccc2cccnc12)NCCc1ccccc1F. The molecule has 0 fully saturated rings. The first-order valence-electron chi connectivity index (χ1n) is 8.16. The van der Waals surface area contributed by atoms with Gasteiger partial charge in [0.15, 0.2) is 6.61 Å². The van der Waals surface area contributed by atoms with Gasteiger partial charge < -0.3 is 10.1 Å². The Morgan fingerprint density at radius 1 is 1.04 bits per heavy atom. The fourth-order valence-electron chi connectivity index (χ4n) is 2.57. The van der Waals surface area contributed by atoms with Crippen LogP contribution in [0.3, 0.4) is 0 Å². The summed E-state index contributed by atoms with van der Waals surface area (Å²) in [7, 11) is 0. The molecule has 3 rings (SSSR count). The molecule has 0 saturated heterocycles. The summed E-state index contributed by atoms with van der Waals surface area (Å²) in [6.45, 7) is -0.146. The van der Waals surface area contributed by atoms with Gasteiger partial charge in [-0.3, -0.25) is 9.78 Å². The minimum absolute atomic E-state index is 0.257. The second kappa shape index (κ2) is 8.20. The minimum atomic E-state index is -0.612. The topological polar surface area (TPSA) is 68.3 Å². The number of pyridine rings is 1. The fraction of sp³-hybridized carbons (Fsp3) is 0.150. The number of aromatic nitrogens is 1. The number of carbonyl (C=O) groups excluding carboxylic acids is 2. The molecule has 1 heterocycles. The van der Waals surface area contributed by atoms with E-state index in [1.165, 1.54) is 6.07 Å². The van der Waals surface area contributed by atoms with E-state index in [1.807, 2.05) is 12.1 Å². The van der Waals surface area contributed by atoms with E-state index in [2.05, 4.69) is 10.3 Å². The van der Waals surface area contributed by atoms with Crippen LogP contribution in [0.1, 0.15) is 15.9 Å². The number of para-hydroxylation sites is 1. The average Bonchev–Trinajstić information content (AvgIpc) is 2.67. The molecule has 5 nitrogen and oxygen atoms in total. The number of hydrogen-bond acceptors (Lipinski definition) is 4. The van der Waals surface area contributed by atoms with Gasteiger partial charge in [0, 0.05) is 18.1 Å². The van der Waals surface area contributed by atoms with Crippen LogP contribution in [0.4, 0.5) is 4.39 Å². The van der Waals surface area contributed by atoms with Crippen molar-refractivity contribution in [2.45, 2.75) is 6.42 Å². The Labute approximate surface area is 149 Å². The van der Waals surface area contributed by atoms with Crippen LogP contribution in [0, 0.1) is 5.82 Å². The number of hydrogen-bond donors (Lipinski definition) is 1. The molecule has 1 N–H and O–H groups in total. The molecule has 1 aromatic heterocycles. The Morgan fingerprint density at radius 3 is 2.69 bits per heavy atom. The second-order valence-corrected chi connectivity index (χ2v) is 5.65. The first kappa shape index (κ1) is 17.5. The third kappa shape index (κ3) is 4.22. The maximum atomic E-state index is 13.5. The van der Waals surface area contributed by atoms with E-state index >= 15 is 0 Å². The largest absolute Gasteiger partial charge is 0.452 e. The van der Waals surface area contributed by atoms with Crippen molar-refractivity contribution in [1.29, 1.82) is 0 Å². The van der Waals surface area contributed by atoms with Gasteiger partial charge in [0.1, 0.15) is 5.82 Å². The van der Waals surface area contributed by atoms with Gasteiger partial charge in [-0.15, -0.1) is 0 Å². The molecule has 6 heteroatoms. The zero-order valence-corrected chi connectivity index (χ0v) is 13.9. The zero-order chi connectivity index (χ0) is 18.4. The van der Waals surface area contributed by atoms with Gasteiger partial charge >= 0.3 is 5.97 Å². The first-order valence-corrected chi connectivity index (χ1v) is 8.16. The second-order valence-electron chi connectivity index (χ2n) is 5.65. The van der Waals surface area contributed by atoms with E-state index < -0.39 is 18.5 Å². The van der Waals surface area contributed by atoms with E-state index in [0.29, 0.717) is 23.1 Å². The number of nitrogens with zero attached hydrogens (tertiary/aromatic N) is 1. The van der Waals surface area contributed by atoms with Crippen molar-refractivity contribution in [2.24, 2.45) is 0 Å². The highest BCUT2D eigenvalue weighted by Gasteiger charge is 2.14. The molecule has 3 aromatic rings. The van der Waals surface area contributed by atoms with E-state index in [4.69, 9.17) is 4.74 Å². The number of nitrogens with one attached hydrogen (secondary N) is 1. The highest BCUT2D eigenvalue weighted by Crippen LogP contribution is 2.16. The molecule has 132 valence electrons. The molecule has 0 saturated carbocycles. The molecule has 0 atom stereocenters. The molecule has 0 aliphatic rings. The van der Waals surface area contributed by atoms with Crippen molar-refractivity contribution in [1.82, 2.24) is 10.3 Å². The Morgan fingerprint density at radius 2 is 1.85 bits per heavy atom. The lowest BCUT2D eigenvalue weighted by atomic mass is 10.1. The van der Waals surface area contributed by atoms with Crippen LogP contribution < -0.4 is 5.32 Å². The van der Waals surface area contributed by atoms with Crippen LogP contribution in [0.15, 0.2) is 60.8 Å². The number of fused-ring (bicyclic) bond motifs is 1. The van der Waals surface area contributed by atoms with Crippen molar-refractivity contribution in [3.63, 3.8) is 0 Å². The van der Waals surface area contributed by atoms with Crippen LogP contribution in [0.5, 0.6) is 0 Å². The summed E-state index contributed by atoms with van der Waals surface area (Å²) in [6.07, 6.45) is 1.95. The third-order valence-corrected chi connectivity index (χ3v) is 3.86. The lowest BCUT2D eigenvalue weighted by molar-refractivity contribution is -0.124. The number of esters is 1. The summed E-state index contributed by atoms with van der Waals surface area (Å²) < 4.78 is 18.6. The van der Waals surface area contributed by atoms with Gasteiger partial charge in [0.2, 0.25) is 0 Å². The molecular formula is C20H17FN2O3. The summed E-state index contributed by atoms with van der Waals surface area (Å²) in [5.41, 5.74) is 1.36. The molecule has 1 amide bonds. The van der Waals surface area contributed by atoms with Crippen LogP contribution in [0.2, 0.25) is 0 Å². The Hall–Kier alpha value is -3.28. The maximum Gasteiger partial charge on any atom is 0.340 e. The predicted octanol–water partition coefficient (Wildman–Crippen LogP) is 2.89. The van der Waals surface area contributed by atoms with Crippen LogP contribution >= 0.6 is 0 Å². The van der Waals surface area contributed by atoms with Gasteiger partial charge in [-0.05, 0) is 30.2 Å². The van der Waals surface area contributed by atoms with Crippen molar-refractivity contribution in [3.8, 4) is 0 Å².